The van der Waals surface area contributed by atoms with Crippen LogP contribution in [0.25, 0.3) is 0 Å². The molecule has 0 bridgehead atoms. The molecule has 0 aliphatic rings. The summed E-state index contributed by atoms with van der Waals surface area (Å²) in [5.41, 5.74) is 3.09. The van der Waals surface area contributed by atoms with E-state index in [2.05, 4.69) is 10.7 Å². The summed E-state index contributed by atoms with van der Waals surface area (Å²) in [4.78, 5) is 24.0. The second-order valence-electron chi connectivity index (χ2n) is 7.15. The van der Waals surface area contributed by atoms with Gasteiger partial charge in [-0.2, -0.15) is 0 Å². The van der Waals surface area contributed by atoms with Gasteiger partial charge in [-0.05, 0) is 32.3 Å². The zero-order valence-electron chi connectivity index (χ0n) is 15.3. The van der Waals surface area contributed by atoms with Crippen molar-refractivity contribution in [1.82, 2.24) is 15.8 Å². The maximum atomic E-state index is 12.1. The summed E-state index contributed by atoms with van der Waals surface area (Å²) in [7, 11) is 0. The number of benzene rings is 1. The summed E-state index contributed by atoms with van der Waals surface area (Å²) < 4.78 is 5.24. The zero-order valence-corrected chi connectivity index (χ0v) is 15.3. The first-order chi connectivity index (χ1) is 11.2. The number of nitrogens with one attached hydrogen (secondary N) is 2. The molecule has 0 saturated heterocycles. The third kappa shape index (κ3) is 9.15. The van der Waals surface area contributed by atoms with Crippen molar-refractivity contribution in [3.05, 3.63) is 35.9 Å². The Balaban J connectivity index is 2.52. The molecule has 0 atom stereocenters. The van der Waals surface area contributed by atoms with Gasteiger partial charge in [0.2, 0.25) is 5.91 Å². The van der Waals surface area contributed by atoms with E-state index >= 15 is 0 Å². The largest absolute Gasteiger partial charge is 0.443 e. The fraction of sp³-hybridized carbons (Fsp3) is 0.556. The molecule has 0 heterocycles. The zero-order chi connectivity index (χ0) is 18.2. The number of nitrogens with zero attached hydrogens (tertiary/aromatic N) is 1. The molecule has 1 aromatic rings. The standard InChI is InChI=1S/C18H29N3O3/c1-14(2)12-21(20-17(23)24-18(3,4)5)13-16(22)19-11-15-9-7-6-8-10-15/h6-10,14H,11-13H2,1-5H3,(H,19,22)(H,20,23). The number of hydrogen-bond acceptors (Lipinski definition) is 4. The Morgan fingerprint density at radius 1 is 1.17 bits per heavy atom. The van der Waals surface area contributed by atoms with Crippen molar-refractivity contribution in [2.24, 2.45) is 5.92 Å². The average molecular weight is 335 g/mol. The molecule has 2 N–H and O–H groups in total. The summed E-state index contributed by atoms with van der Waals surface area (Å²) >= 11 is 0. The number of ether oxygens (including phenoxy) is 1. The van der Waals surface area contributed by atoms with Gasteiger partial charge < -0.3 is 10.1 Å². The fourth-order valence-electron chi connectivity index (χ4n) is 2.05. The van der Waals surface area contributed by atoms with Crippen molar-refractivity contribution >= 4 is 12.0 Å². The van der Waals surface area contributed by atoms with E-state index in [1.54, 1.807) is 25.8 Å². The van der Waals surface area contributed by atoms with E-state index in [9.17, 15) is 9.59 Å². The van der Waals surface area contributed by atoms with Gasteiger partial charge in [0.15, 0.2) is 0 Å². The van der Waals surface area contributed by atoms with Crippen molar-refractivity contribution in [2.75, 3.05) is 13.1 Å². The molecule has 0 spiro atoms. The van der Waals surface area contributed by atoms with E-state index in [-0.39, 0.29) is 12.5 Å². The quantitative estimate of drug-likeness (QED) is 0.752. The van der Waals surface area contributed by atoms with E-state index in [0.717, 1.165) is 5.56 Å². The van der Waals surface area contributed by atoms with Gasteiger partial charge in [-0.1, -0.05) is 44.2 Å². The number of hydrazine groups is 1. The first-order valence-corrected chi connectivity index (χ1v) is 8.21. The van der Waals surface area contributed by atoms with Crippen LogP contribution in [0.4, 0.5) is 4.79 Å². The highest BCUT2D eigenvalue weighted by molar-refractivity contribution is 5.78. The summed E-state index contributed by atoms with van der Waals surface area (Å²) in [5, 5.41) is 4.43. The highest BCUT2D eigenvalue weighted by Gasteiger charge is 2.20. The molecule has 24 heavy (non-hydrogen) atoms. The molecule has 6 heteroatoms. The SMILES string of the molecule is CC(C)CN(CC(=O)NCc1ccccc1)NC(=O)OC(C)(C)C. The van der Waals surface area contributed by atoms with E-state index in [1.807, 2.05) is 44.2 Å². The molecule has 1 rings (SSSR count). The van der Waals surface area contributed by atoms with Crippen LogP contribution in [0.1, 0.15) is 40.2 Å². The molecule has 134 valence electrons. The van der Waals surface area contributed by atoms with Crippen LogP contribution in [0.5, 0.6) is 0 Å². The highest BCUT2D eigenvalue weighted by Crippen LogP contribution is 2.07. The number of rotatable bonds is 7. The van der Waals surface area contributed by atoms with Crippen LogP contribution in [0.2, 0.25) is 0 Å². The van der Waals surface area contributed by atoms with Crippen LogP contribution >= 0.6 is 0 Å². The van der Waals surface area contributed by atoms with Gasteiger partial charge in [0.1, 0.15) is 5.60 Å². The van der Waals surface area contributed by atoms with Gasteiger partial charge in [-0.25, -0.2) is 9.80 Å². The molecular formula is C18H29N3O3. The summed E-state index contributed by atoms with van der Waals surface area (Å²) in [5.74, 6) is 0.137. The molecule has 0 saturated carbocycles. The highest BCUT2D eigenvalue weighted by atomic mass is 16.6. The van der Waals surface area contributed by atoms with E-state index < -0.39 is 11.7 Å². The molecule has 2 amide bonds. The van der Waals surface area contributed by atoms with E-state index in [4.69, 9.17) is 4.74 Å². The Labute approximate surface area is 144 Å². The van der Waals surface area contributed by atoms with E-state index in [1.165, 1.54) is 0 Å². The van der Waals surface area contributed by atoms with E-state index in [0.29, 0.717) is 19.0 Å². The fourth-order valence-corrected chi connectivity index (χ4v) is 2.05. The number of hydrogen-bond donors (Lipinski definition) is 2. The molecule has 0 unspecified atom stereocenters. The molecule has 6 nitrogen and oxygen atoms in total. The van der Waals surface area contributed by atoms with Crippen molar-refractivity contribution in [1.29, 1.82) is 0 Å². The predicted octanol–water partition coefficient (Wildman–Crippen LogP) is 2.70. The minimum Gasteiger partial charge on any atom is -0.443 e. The maximum Gasteiger partial charge on any atom is 0.422 e. The van der Waals surface area contributed by atoms with Crippen molar-refractivity contribution < 1.29 is 14.3 Å². The summed E-state index contributed by atoms with van der Waals surface area (Å²) in [6, 6.07) is 9.68. The lowest BCUT2D eigenvalue weighted by molar-refractivity contribution is -0.123. The Morgan fingerprint density at radius 3 is 2.33 bits per heavy atom. The van der Waals surface area contributed by atoms with Crippen LogP contribution in [-0.2, 0) is 16.1 Å². The second kappa shape index (κ2) is 9.27. The Hall–Kier alpha value is -2.08. The Bertz CT molecular complexity index is 524. The molecule has 1 aromatic carbocycles. The van der Waals surface area contributed by atoms with Crippen LogP contribution in [0, 0.1) is 5.92 Å². The minimum atomic E-state index is -0.580. The lowest BCUT2D eigenvalue weighted by atomic mass is 10.2. The normalized spacial score (nSPS) is 11.5. The smallest absolute Gasteiger partial charge is 0.422 e. The lowest BCUT2D eigenvalue weighted by Crippen LogP contribution is -2.50. The summed E-state index contributed by atoms with van der Waals surface area (Å²) in [6.45, 7) is 10.5. The minimum absolute atomic E-state index is 0.0737. The Kier molecular flexibility index (Phi) is 7.71. The third-order valence-corrected chi connectivity index (χ3v) is 2.90. The average Bonchev–Trinajstić information content (AvgIpc) is 2.43. The monoisotopic (exact) mass is 335 g/mol. The third-order valence-electron chi connectivity index (χ3n) is 2.90. The molecule has 0 radical (unpaired) electrons. The lowest BCUT2D eigenvalue weighted by Gasteiger charge is -2.26. The number of carbonyl (C=O) groups excluding carboxylic acids is 2. The molecule has 0 aliphatic carbocycles. The van der Waals surface area contributed by atoms with Gasteiger partial charge in [0.05, 0.1) is 6.54 Å². The molecule has 0 aromatic heterocycles. The van der Waals surface area contributed by atoms with Gasteiger partial charge in [-0.3, -0.25) is 10.2 Å². The van der Waals surface area contributed by atoms with Crippen LogP contribution < -0.4 is 10.7 Å². The topological polar surface area (TPSA) is 70.7 Å². The van der Waals surface area contributed by atoms with Gasteiger partial charge in [0, 0.05) is 13.1 Å². The molecule has 0 fully saturated rings. The van der Waals surface area contributed by atoms with Gasteiger partial charge in [-0.15, -0.1) is 0 Å². The summed E-state index contributed by atoms with van der Waals surface area (Å²) in [6.07, 6.45) is -0.556. The molecule has 0 aliphatic heterocycles. The van der Waals surface area contributed by atoms with Crippen molar-refractivity contribution in [3.63, 3.8) is 0 Å². The Morgan fingerprint density at radius 2 is 1.79 bits per heavy atom. The number of amides is 2. The van der Waals surface area contributed by atoms with Crippen molar-refractivity contribution in [2.45, 2.75) is 46.8 Å². The first kappa shape index (κ1) is 20.0. The van der Waals surface area contributed by atoms with Gasteiger partial charge >= 0.3 is 6.09 Å². The first-order valence-electron chi connectivity index (χ1n) is 8.21. The van der Waals surface area contributed by atoms with Crippen LogP contribution in [0.15, 0.2) is 30.3 Å². The van der Waals surface area contributed by atoms with Gasteiger partial charge in [0.25, 0.3) is 0 Å². The van der Waals surface area contributed by atoms with Crippen LogP contribution in [0.3, 0.4) is 0 Å². The second-order valence-corrected chi connectivity index (χ2v) is 7.15. The van der Waals surface area contributed by atoms with Crippen molar-refractivity contribution in [3.8, 4) is 0 Å². The number of carbonyl (C=O) groups is 2. The van der Waals surface area contributed by atoms with Crippen LogP contribution in [-0.4, -0.2) is 35.7 Å². The maximum absolute atomic E-state index is 12.1. The predicted molar refractivity (Wildman–Crippen MR) is 94.1 cm³/mol. The molecular weight excluding hydrogens is 306 g/mol.